The van der Waals surface area contributed by atoms with Crippen LogP contribution in [0.4, 0.5) is 0 Å². The topological polar surface area (TPSA) is 15.7 Å². The van der Waals surface area contributed by atoms with Crippen LogP contribution in [0.1, 0.15) is 53.4 Å². The average Bonchev–Trinajstić information content (AvgIpc) is 2.47. The van der Waals surface area contributed by atoms with Crippen LogP contribution < -0.4 is 0 Å². The first kappa shape index (κ1) is 16.7. The molecule has 3 heterocycles. The average molecular weight is 309 g/mol. The summed E-state index contributed by atoms with van der Waals surface area (Å²) in [4.78, 5) is 5.49. The quantitative estimate of drug-likeness (QED) is 0.793. The predicted molar refractivity (Wildman–Crippen MR) is 92.1 cm³/mol. The van der Waals surface area contributed by atoms with Gasteiger partial charge in [-0.3, -0.25) is 4.90 Å². The van der Waals surface area contributed by atoms with Gasteiger partial charge in [0.15, 0.2) is 0 Å². The third-order valence-electron chi connectivity index (χ3n) is 6.50. The maximum atomic E-state index is 5.88. The summed E-state index contributed by atoms with van der Waals surface area (Å²) >= 11 is 0. The Morgan fingerprint density at radius 3 is 2.05 bits per heavy atom. The first-order valence-electron chi connectivity index (χ1n) is 9.62. The summed E-state index contributed by atoms with van der Waals surface area (Å²) in [6.07, 6.45) is 5.50. The van der Waals surface area contributed by atoms with Crippen LogP contribution in [0.3, 0.4) is 0 Å². The first-order chi connectivity index (χ1) is 10.5. The molecular weight excluding hydrogens is 272 g/mol. The van der Waals surface area contributed by atoms with E-state index in [4.69, 9.17) is 4.74 Å². The maximum Gasteiger partial charge on any atom is 0.0622 e. The SMILES string of the molecule is CC(C)C1CC2COCC(C1)N2CC1CCN(C(C)C)CC1. The molecule has 0 aromatic heterocycles. The fourth-order valence-corrected chi connectivity index (χ4v) is 4.82. The van der Waals surface area contributed by atoms with Crippen LogP contribution in [0.5, 0.6) is 0 Å². The summed E-state index contributed by atoms with van der Waals surface area (Å²) in [5, 5.41) is 0. The highest BCUT2D eigenvalue weighted by Gasteiger charge is 2.40. The summed E-state index contributed by atoms with van der Waals surface area (Å²) in [6.45, 7) is 15.4. The van der Waals surface area contributed by atoms with E-state index in [-0.39, 0.29) is 0 Å². The van der Waals surface area contributed by atoms with E-state index in [1.165, 1.54) is 45.3 Å². The van der Waals surface area contributed by atoms with Gasteiger partial charge in [-0.2, -0.15) is 0 Å². The number of fused-ring (bicyclic) bond motifs is 2. The molecule has 0 saturated carbocycles. The van der Waals surface area contributed by atoms with Gasteiger partial charge in [-0.15, -0.1) is 0 Å². The molecule has 2 atom stereocenters. The molecule has 0 N–H and O–H groups in total. The highest BCUT2D eigenvalue weighted by atomic mass is 16.5. The Hall–Kier alpha value is -0.120. The molecule has 22 heavy (non-hydrogen) atoms. The summed E-state index contributed by atoms with van der Waals surface area (Å²) in [7, 11) is 0. The van der Waals surface area contributed by atoms with Gasteiger partial charge in [0.25, 0.3) is 0 Å². The van der Waals surface area contributed by atoms with Crippen molar-refractivity contribution in [3.63, 3.8) is 0 Å². The number of hydrogen-bond acceptors (Lipinski definition) is 3. The molecule has 0 aromatic rings. The van der Waals surface area contributed by atoms with Crippen molar-refractivity contribution in [3.8, 4) is 0 Å². The van der Waals surface area contributed by atoms with Gasteiger partial charge in [-0.25, -0.2) is 0 Å². The molecule has 0 aromatic carbocycles. The Morgan fingerprint density at radius 2 is 1.55 bits per heavy atom. The molecule has 2 unspecified atom stereocenters. The molecule has 0 radical (unpaired) electrons. The Labute approximate surface area is 137 Å². The maximum absolute atomic E-state index is 5.88. The second-order valence-electron chi connectivity index (χ2n) is 8.59. The predicted octanol–water partition coefficient (Wildman–Crippen LogP) is 3.24. The fraction of sp³-hybridized carbons (Fsp3) is 1.00. The molecule has 3 heteroatoms. The zero-order valence-corrected chi connectivity index (χ0v) is 15.1. The van der Waals surface area contributed by atoms with E-state index in [2.05, 4.69) is 37.5 Å². The second kappa shape index (κ2) is 7.19. The smallest absolute Gasteiger partial charge is 0.0622 e. The Balaban J connectivity index is 1.54. The molecule has 3 nitrogen and oxygen atoms in total. The zero-order valence-electron chi connectivity index (χ0n) is 15.1. The monoisotopic (exact) mass is 308 g/mol. The Morgan fingerprint density at radius 1 is 0.955 bits per heavy atom. The number of piperidine rings is 2. The number of hydrogen-bond donors (Lipinski definition) is 0. The van der Waals surface area contributed by atoms with Crippen molar-refractivity contribution in [1.82, 2.24) is 9.80 Å². The van der Waals surface area contributed by atoms with Crippen LogP contribution in [0.15, 0.2) is 0 Å². The Kier molecular flexibility index (Phi) is 5.47. The van der Waals surface area contributed by atoms with Gasteiger partial charge in [-0.1, -0.05) is 13.8 Å². The molecule has 3 fully saturated rings. The van der Waals surface area contributed by atoms with E-state index < -0.39 is 0 Å². The molecule has 3 saturated heterocycles. The molecule has 0 spiro atoms. The summed E-state index contributed by atoms with van der Waals surface area (Å²) in [6, 6.07) is 2.11. The lowest BCUT2D eigenvalue weighted by Crippen LogP contribution is -2.59. The van der Waals surface area contributed by atoms with Gasteiger partial charge in [-0.05, 0) is 70.4 Å². The van der Waals surface area contributed by atoms with Crippen molar-refractivity contribution < 1.29 is 4.74 Å². The minimum atomic E-state index is 0.697. The van der Waals surface area contributed by atoms with E-state index in [1.54, 1.807) is 0 Å². The minimum absolute atomic E-state index is 0.697. The third kappa shape index (κ3) is 3.68. The summed E-state index contributed by atoms with van der Waals surface area (Å²) in [5.41, 5.74) is 0. The molecule has 128 valence electrons. The molecule has 2 bridgehead atoms. The summed E-state index contributed by atoms with van der Waals surface area (Å²) in [5.74, 6) is 2.66. The van der Waals surface area contributed by atoms with Crippen LogP contribution in [-0.4, -0.2) is 60.8 Å². The van der Waals surface area contributed by atoms with Crippen molar-refractivity contribution in [2.45, 2.75) is 71.5 Å². The lowest BCUT2D eigenvalue weighted by Gasteiger charge is -2.51. The molecular formula is C19H36N2O. The van der Waals surface area contributed by atoms with Crippen LogP contribution in [0, 0.1) is 17.8 Å². The van der Waals surface area contributed by atoms with Crippen LogP contribution in [0.2, 0.25) is 0 Å². The minimum Gasteiger partial charge on any atom is -0.378 e. The number of morpholine rings is 1. The lowest BCUT2D eigenvalue weighted by atomic mass is 9.78. The Bertz CT molecular complexity index is 335. The van der Waals surface area contributed by atoms with Crippen LogP contribution in [0.25, 0.3) is 0 Å². The van der Waals surface area contributed by atoms with E-state index >= 15 is 0 Å². The van der Waals surface area contributed by atoms with Crippen molar-refractivity contribution >= 4 is 0 Å². The van der Waals surface area contributed by atoms with E-state index in [1.807, 2.05) is 0 Å². The van der Waals surface area contributed by atoms with Crippen LogP contribution >= 0.6 is 0 Å². The number of rotatable bonds is 4. The number of likely N-dealkylation sites (tertiary alicyclic amines) is 1. The molecule has 0 aliphatic carbocycles. The van der Waals surface area contributed by atoms with Gasteiger partial charge in [0, 0.05) is 24.7 Å². The van der Waals surface area contributed by atoms with Gasteiger partial charge in [0.1, 0.15) is 0 Å². The lowest BCUT2D eigenvalue weighted by molar-refractivity contribution is -0.100. The van der Waals surface area contributed by atoms with Gasteiger partial charge in [0.2, 0.25) is 0 Å². The van der Waals surface area contributed by atoms with Crippen molar-refractivity contribution in [2.24, 2.45) is 17.8 Å². The normalized spacial score (nSPS) is 35.5. The standard InChI is InChI=1S/C19H36N2O/c1-14(2)17-9-18-12-22-13-19(10-17)21(18)11-16-5-7-20(8-6-16)15(3)4/h14-19H,5-13H2,1-4H3. The van der Waals surface area contributed by atoms with E-state index in [0.29, 0.717) is 12.1 Å². The zero-order chi connectivity index (χ0) is 15.7. The number of ether oxygens (including phenoxy) is 1. The molecule has 3 rings (SSSR count). The van der Waals surface area contributed by atoms with Crippen molar-refractivity contribution in [3.05, 3.63) is 0 Å². The van der Waals surface area contributed by atoms with Crippen molar-refractivity contribution in [1.29, 1.82) is 0 Å². The van der Waals surface area contributed by atoms with Crippen molar-refractivity contribution in [2.75, 3.05) is 32.8 Å². The molecule has 3 aliphatic rings. The van der Waals surface area contributed by atoms with Gasteiger partial charge in [0.05, 0.1) is 13.2 Å². The first-order valence-corrected chi connectivity index (χ1v) is 9.62. The summed E-state index contributed by atoms with van der Waals surface area (Å²) < 4.78 is 5.88. The van der Waals surface area contributed by atoms with E-state index in [0.717, 1.165) is 37.0 Å². The van der Waals surface area contributed by atoms with Gasteiger partial charge < -0.3 is 9.64 Å². The largest absolute Gasteiger partial charge is 0.378 e. The highest BCUT2D eigenvalue weighted by Crippen LogP contribution is 2.36. The highest BCUT2D eigenvalue weighted by molar-refractivity contribution is 4.93. The van der Waals surface area contributed by atoms with Crippen LogP contribution in [-0.2, 0) is 4.74 Å². The molecule has 3 aliphatic heterocycles. The fourth-order valence-electron chi connectivity index (χ4n) is 4.82. The second-order valence-corrected chi connectivity index (χ2v) is 8.59. The third-order valence-corrected chi connectivity index (χ3v) is 6.50. The number of nitrogens with zero attached hydrogens (tertiary/aromatic N) is 2. The van der Waals surface area contributed by atoms with Gasteiger partial charge >= 0.3 is 0 Å². The molecule has 0 amide bonds. The van der Waals surface area contributed by atoms with E-state index in [9.17, 15) is 0 Å².